The third kappa shape index (κ3) is 5.93. The number of piperazine rings is 1. The number of ether oxygens (including phenoxy) is 1. The van der Waals surface area contributed by atoms with Gasteiger partial charge in [0, 0.05) is 38.6 Å². The molecule has 1 aliphatic heterocycles. The van der Waals surface area contributed by atoms with Crippen LogP contribution in [-0.4, -0.2) is 79.1 Å². The Morgan fingerprint density at radius 3 is 2.34 bits per heavy atom. The largest absolute Gasteiger partial charge is 0.453 e. The molecule has 1 aromatic rings. The van der Waals surface area contributed by atoms with Crippen molar-refractivity contribution in [2.75, 3.05) is 33.3 Å². The molecule has 1 aliphatic carbocycles. The lowest BCUT2D eigenvalue weighted by molar-refractivity contribution is -0.136. The summed E-state index contributed by atoms with van der Waals surface area (Å²) in [6, 6.07) is 9.02. The molecule has 3 amide bonds. The zero-order valence-electron chi connectivity index (χ0n) is 17.1. The summed E-state index contributed by atoms with van der Waals surface area (Å²) >= 11 is 0. The van der Waals surface area contributed by atoms with Crippen LogP contribution in [0, 0.1) is 0 Å². The molecule has 3 rings (SSSR count). The van der Waals surface area contributed by atoms with Gasteiger partial charge < -0.3 is 20.3 Å². The number of carbonyl (C=O) groups excluding carboxylic acids is 3. The number of hydrogen-bond acceptors (Lipinski definition) is 5. The van der Waals surface area contributed by atoms with Gasteiger partial charge >= 0.3 is 6.09 Å². The lowest BCUT2D eigenvalue weighted by Gasteiger charge is -2.38. The monoisotopic (exact) mass is 402 g/mol. The Balaban J connectivity index is 1.56. The van der Waals surface area contributed by atoms with Crippen LogP contribution < -0.4 is 10.6 Å². The molecule has 2 fully saturated rings. The molecule has 2 atom stereocenters. The van der Waals surface area contributed by atoms with E-state index >= 15 is 0 Å². The summed E-state index contributed by atoms with van der Waals surface area (Å²) in [5, 5.41) is 5.70. The Morgan fingerprint density at radius 1 is 1.10 bits per heavy atom. The Bertz CT molecular complexity index is 715. The van der Waals surface area contributed by atoms with Crippen molar-refractivity contribution >= 4 is 17.9 Å². The molecule has 1 aromatic carbocycles. The number of benzene rings is 1. The highest BCUT2D eigenvalue weighted by molar-refractivity contribution is 5.86. The lowest BCUT2D eigenvalue weighted by atomic mass is 10.0. The van der Waals surface area contributed by atoms with Crippen molar-refractivity contribution in [3.63, 3.8) is 0 Å². The summed E-state index contributed by atoms with van der Waals surface area (Å²) in [5.41, 5.74) is 0.964. The van der Waals surface area contributed by atoms with E-state index in [1.54, 1.807) is 4.90 Å². The molecule has 29 heavy (non-hydrogen) atoms. The van der Waals surface area contributed by atoms with E-state index in [9.17, 15) is 14.4 Å². The normalized spacial score (nSPS) is 19.2. The molecule has 0 aromatic heterocycles. The number of amides is 3. The number of nitrogens with zero attached hydrogens (tertiary/aromatic N) is 2. The van der Waals surface area contributed by atoms with Crippen molar-refractivity contribution in [3.8, 4) is 0 Å². The summed E-state index contributed by atoms with van der Waals surface area (Å²) < 4.78 is 4.69. The summed E-state index contributed by atoms with van der Waals surface area (Å²) in [5.74, 6) is -0.0735. The maximum Gasteiger partial charge on any atom is 0.407 e. The van der Waals surface area contributed by atoms with Gasteiger partial charge in [0.15, 0.2) is 0 Å². The van der Waals surface area contributed by atoms with Crippen molar-refractivity contribution in [3.05, 3.63) is 35.9 Å². The topological polar surface area (TPSA) is 91.0 Å². The van der Waals surface area contributed by atoms with E-state index in [0.29, 0.717) is 38.6 Å². The van der Waals surface area contributed by atoms with Crippen LogP contribution in [0.25, 0.3) is 0 Å². The van der Waals surface area contributed by atoms with Crippen molar-refractivity contribution in [2.24, 2.45) is 0 Å². The first-order valence-electron chi connectivity index (χ1n) is 10.2. The van der Waals surface area contributed by atoms with E-state index in [1.165, 1.54) is 7.11 Å². The van der Waals surface area contributed by atoms with Crippen LogP contribution in [0.3, 0.4) is 0 Å². The van der Waals surface area contributed by atoms with Crippen molar-refractivity contribution in [1.29, 1.82) is 0 Å². The van der Waals surface area contributed by atoms with Crippen LogP contribution in [0.15, 0.2) is 30.3 Å². The smallest absolute Gasteiger partial charge is 0.407 e. The van der Waals surface area contributed by atoms with Gasteiger partial charge in [0.25, 0.3) is 0 Å². The quantitative estimate of drug-likeness (QED) is 0.703. The third-order valence-electron chi connectivity index (χ3n) is 5.54. The summed E-state index contributed by atoms with van der Waals surface area (Å²) in [7, 11) is 1.28. The summed E-state index contributed by atoms with van der Waals surface area (Å²) in [6.45, 7) is 4.21. The van der Waals surface area contributed by atoms with Gasteiger partial charge in [-0.25, -0.2) is 4.79 Å². The van der Waals surface area contributed by atoms with E-state index in [0.717, 1.165) is 18.4 Å². The van der Waals surface area contributed by atoms with E-state index < -0.39 is 12.1 Å². The number of carbonyl (C=O) groups is 3. The molecule has 8 nitrogen and oxygen atoms in total. The molecular weight excluding hydrogens is 372 g/mol. The molecule has 2 N–H and O–H groups in total. The fourth-order valence-corrected chi connectivity index (χ4v) is 3.52. The second kappa shape index (κ2) is 9.73. The summed E-state index contributed by atoms with van der Waals surface area (Å²) in [6.07, 6.45) is 1.91. The van der Waals surface area contributed by atoms with E-state index in [1.807, 2.05) is 37.3 Å². The minimum absolute atomic E-state index is 0.0570. The highest BCUT2D eigenvalue weighted by atomic mass is 16.5. The van der Waals surface area contributed by atoms with Gasteiger partial charge in [-0.15, -0.1) is 0 Å². The number of nitrogens with one attached hydrogen (secondary N) is 2. The molecule has 2 unspecified atom stereocenters. The van der Waals surface area contributed by atoms with Crippen molar-refractivity contribution in [1.82, 2.24) is 20.4 Å². The molecule has 8 heteroatoms. The predicted molar refractivity (Wildman–Crippen MR) is 108 cm³/mol. The van der Waals surface area contributed by atoms with Crippen LogP contribution in [0.2, 0.25) is 0 Å². The Labute approximate surface area is 171 Å². The lowest BCUT2D eigenvalue weighted by Crippen LogP contribution is -2.58. The number of alkyl carbamates (subject to hydrolysis) is 1. The molecule has 158 valence electrons. The van der Waals surface area contributed by atoms with Gasteiger partial charge in [0.05, 0.1) is 13.2 Å². The second-order valence-corrected chi connectivity index (χ2v) is 7.70. The molecule has 0 bridgehead atoms. The molecule has 1 saturated carbocycles. The average molecular weight is 402 g/mol. The van der Waals surface area contributed by atoms with Crippen LogP contribution in [0.5, 0.6) is 0 Å². The van der Waals surface area contributed by atoms with Gasteiger partial charge in [-0.2, -0.15) is 0 Å². The number of hydrogen-bond donors (Lipinski definition) is 2. The Kier molecular flexibility index (Phi) is 7.09. The van der Waals surface area contributed by atoms with Gasteiger partial charge in [0.1, 0.15) is 6.04 Å². The molecule has 1 saturated heterocycles. The SMILES string of the molecule is COC(=O)NC(Cc1ccccc1)C(=O)N1CCN(C(C)C(=O)NC2CC2)CC1. The van der Waals surface area contributed by atoms with Crippen LogP contribution in [-0.2, 0) is 20.7 Å². The first-order valence-corrected chi connectivity index (χ1v) is 10.2. The van der Waals surface area contributed by atoms with Gasteiger partial charge in [-0.05, 0) is 25.3 Å². The second-order valence-electron chi connectivity index (χ2n) is 7.70. The third-order valence-corrected chi connectivity index (χ3v) is 5.54. The van der Waals surface area contributed by atoms with Crippen molar-refractivity contribution < 1.29 is 19.1 Å². The first-order chi connectivity index (χ1) is 14.0. The molecule has 0 radical (unpaired) electrons. The maximum atomic E-state index is 13.1. The number of rotatable bonds is 7. The highest BCUT2D eigenvalue weighted by Gasteiger charge is 2.33. The molecular formula is C21H30N4O4. The zero-order chi connectivity index (χ0) is 20.8. The van der Waals surface area contributed by atoms with Gasteiger partial charge in [-0.3, -0.25) is 14.5 Å². The van der Waals surface area contributed by atoms with Crippen molar-refractivity contribution in [2.45, 2.75) is 44.3 Å². The average Bonchev–Trinajstić information content (AvgIpc) is 3.57. The predicted octanol–water partition coefficient (Wildman–Crippen LogP) is 0.765. The minimum atomic E-state index is -0.688. The Hall–Kier alpha value is -2.61. The van der Waals surface area contributed by atoms with Gasteiger partial charge in [0.2, 0.25) is 11.8 Å². The Morgan fingerprint density at radius 2 is 1.76 bits per heavy atom. The highest BCUT2D eigenvalue weighted by Crippen LogP contribution is 2.19. The minimum Gasteiger partial charge on any atom is -0.453 e. The zero-order valence-corrected chi connectivity index (χ0v) is 17.1. The van der Waals surface area contributed by atoms with Crippen LogP contribution >= 0.6 is 0 Å². The standard InChI is InChI=1S/C21H30N4O4/c1-15(19(26)22-17-8-9-17)24-10-12-25(13-11-24)20(27)18(23-21(28)29-2)14-16-6-4-3-5-7-16/h3-7,15,17-18H,8-14H2,1-2H3,(H,22,26)(H,23,28). The van der Waals surface area contributed by atoms with Crippen LogP contribution in [0.4, 0.5) is 4.79 Å². The van der Waals surface area contributed by atoms with Gasteiger partial charge in [-0.1, -0.05) is 30.3 Å². The fourth-order valence-electron chi connectivity index (χ4n) is 3.52. The fraction of sp³-hybridized carbons (Fsp3) is 0.571. The molecule has 2 aliphatic rings. The molecule has 1 heterocycles. The van der Waals surface area contributed by atoms with E-state index in [2.05, 4.69) is 15.5 Å². The first kappa shape index (κ1) is 21.1. The van der Waals surface area contributed by atoms with E-state index in [-0.39, 0.29) is 17.9 Å². The summed E-state index contributed by atoms with van der Waals surface area (Å²) in [4.78, 5) is 41.0. The van der Waals surface area contributed by atoms with E-state index in [4.69, 9.17) is 4.74 Å². The maximum absolute atomic E-state index is 13.1. The number of methoxy groups -OCH3 is 1. The van der Waals surface area contributed by atoms with Crippen LogP contribution in [0.1, 0.15) is 25.3 Å². The molecule has 0 spiro atoms.